The van der Waals surface area contributed by atoms with Crippen LogP contribution in [0.2, 0.25) is 0 Å². The minimum atomic E-state index is -0.430. The molecule has 7 heteroatoms. The van der Waals surface area contributed by atoms with E-state index in [0.717, 1.165) is 41.1 Å². The molecule has 0 unspecified atom stereocenters. The number of alkyl carbamates (subject to hydrolysis) is 1. The normalized spacial score (nSPS) is 11.2. The Bertz CT molecular complexity index is 432. The van der Waals surface area contributed by atoms with Gasteiger partial charge in [-0.25, -0.2) is 9.78 Å². The topological polar surface area (TPSA) is 63.2 Å². The number of hydrogen-bond acceptors (Lipinski definition) is 5. The quantitative estimate of drug-likeness (QED) is 0.658. The van der Waals surface area contributed by atoms with E-state index in [0.29, 0.717) is 6.54 Å². The summed E-state index contributed by atoms with van der Waals surface area (Å²) in [5, 5.41) is 7.01. The van der Waals surface area contributed by atoms with Gasteiger partial charge >= 0.3 is 6.09 Å². The van der Waals surface area contributed by atoms with E-state index in [1.54, 1.807) is 17.5 Å². The summed E-state index contributed by atoms with van der Waals surface area (Å²) in [6, 6.07) is 0. The average molecular weight is 378 g/mol. The van der Waals surface area contributed by atoms with Gasteiger partial charge < -0.3 is 15.4 Å². The van der Waals surface area contributed by atoms with Crippen LogP contribution >= 0.6 is 27.3 Å². The molecule has 1 aromatic heterocycles. The van der Waals surface area contributed by atoms with Crippen LogP contribution in [0.4, 0.5) is 9.93 Å². The Morgan fingerprint density at radius 3 is 2.52 bits per heavy atom. The van der Waals surface area contributed by atoms with Crippen LogP contribution in [0.25, 0.3) is 0 Å². The highest BCUT2D eigenvalue weighted by molar-refractivity contribution is 9.11. The minimum Gasteiger partial charge on any atom is -0.444 e. The van der Waals surface area contributed by atoms with Gasteiger partial charge in [0.15, 0.2) is 5.13 Å². The number of thiazole rings is 1. The Hall–Kier alpha value is -0.820. The van der Waals surface area contributed by atoms with E-state index in [1.165, 1.54) is 0 Å². The summed E-state index contributed by atoms with van der Waals surface area (Å²) in [5.74, 6) is 0. The summed E-state index contributed by atoms with van der Waals surface area (Å²) in [6.07, 6.45) is 5.77. The van der Waals surface area contributed by atoms with Crippen LogP contribution in [-0.2, 0) is 4.74 Å². The predicted molar refractivity (Wildman–Crippen MR) is 91.0 cm³/mol. The fourth-order valence-corrected chi connectivity index (χ4v) is 2.77. The van der Waals surface area contributed by atoms with E-state index in [4.69, 9.17) is 4.74 Å². The Morgan fingerprint density at radius 1 is 1.29 bits per heavy atom. The van der Waals surface area contributed by atoms with E-state index < -0.39 is 5.60 Å². The van der Waals surface area contributed by atoms with Crippen LogP contribution < -0.4 is 10.6 Å². The molecule has 0 bridgehead atoms. The second kappa shape index (κ2) is 9.25. The smallest absolute Gasteiger partial charge is 0.407 e. The third-order valence-corrected chi connectivity index (χ3v) is 3.96. The van der Waals surface area contributed by atoms with Crippen molar-refractivity contribution in [2.45, 2.75) is 52.1 Å². The summed E-state index contributed by atoms with van der Waals surface area (Å²) >= 11 is 4.98. The maximum Gasteiger partial charge on any atom is 0.407 e. The van der Waals surface area contributed by atoms with Gasteiger partial charge in [-0.15, -0.1) is 0 Å². The summed E-state index contributed by atoms with van der Waals surface area (Å²) in [4.78, 5) is 15.6. The molecular formula is C14H24BrN3O2S. The van der Waals surface area contributed by atoms with Gasteiger partial charge in [0.05, 0.1) is 9.98 Å². The lowest BCUT2D eigenvalue weighted by Crippen LogP contribution is -2.32. The van der Waals surface area contributed by atoms with Gasteiger partial charge in [-0.1, -0.05) is 24.2 Å². The van der Waals surface area contributed by atoms with E-state index in [2.05, 4.69) is 31.5 Å². The predicted octanol–water partition coefficient (Wildman–Crippen LogP) is 4.40. The molecule has 1 rings (SSSR count). The van der Waals surface area contributed by atoms with E-state index in [1.807, 2.05) is 20.8 Å². The molecule has 1 heterocycles. The minimum absolute atomic E-state index is 0.335. The van der Waals surface area contributed by atoms with Crippen LogP contribution in [0.15, 0.2) is 9.98 Å². The van der Waals surface area contributed by atoms with Crippen LogP contribution in [-0.4, -0.2) is 29.8 Å². The molecule has 120 valence electrons. The molecular weight excluding hydrogens is 354 g/mol. The molecule has 0 aromatic carbocycles. The second-order valence-electron chi connectivity index (χ2n) is 5.74. The number of anilines is 1. The Morgan fingerprint density at radius 2 is 1.95 bits per heavy atom. The van der Waals surface area contributed by atoms with E-state index in [9.17, 15) is 4.79 Å². The maximum atomic E-state index is 11.4. The number of amides is 1. The molecule has 5 nitrogen and oxygen atoms in total. The number of hydrogen-bond donors (Lipinski definition) is 2. The lowest BCUT2D eigenvalue weighted by atomic mass is 10.2. The monoisotopic (exact) mass is 377 g/mol. The van der Waals surface area contributed by atoms with Gasteiger partial charge in [0.25, 0.3) is 0 Å². The van der Waals surface area contributed by atoms with Crippen molar-refractivity contribution in [1.29, 1.82) is 0 Å². The third-order valence-electron chi connectivity index (χ3n) is 2.53. The Kier molecular flexibility index (Phi) is 8.03. The van der Waals surface area contributed by atoms with Crippen molar-refractivity contribution in [3.8, 4) is 0 Å². The molecule has 1 aromatic rings. The first-order chi connectivity index (χ1) is 9.87. The number of nitrogens with zero attached hydrogens (tertiary/aromatic N) is 1. The lowest BCUT2D eigenvalue weighted by molar-refractivity contribution is 0.0527. The zero-order valence-corrected chi connectivity index (χ0v) is 15.3. The number of carbonyl (C=O) groups excluding carboxylic acids is 1. The van der Waals surface area contributed by atoms with Gasteiger partial charge in [-0.2, -0.15) is 0 Å². The van der Waals surface area contributed by atoms with E-state index in [-0.39, 0.29) is 6.09 Å². The molecule has 0 radical (unpaired) electrons. The summed E-state index contributed by atoms with van der Waals surface area (Å²) in [5.41, 5.74) is -0.430. The van der Waals surface area contributed by atoms with E-state index >= 15 is 0 Å². The average Bonchev–Trinajstić information content (AvgIpc) is 2.76. The van der Waals surface area contributed by atoms with Gasteiger partial charge in [-0.3, -0.25) is 0 Å². The van der Waals surface area contributed by atoms with Crippen LogP contribution in [0.5, 0.6) is 0 Å². The SMILES string of the molecule is CC(C)(C)OC(=O)NCCCCCCNc1ncc(Br)s1. The van der Waals surface area contributed by atoms with Gasteiger partial charge in [0, 0.05) is 13.1 Å². The highest BCUT2D eigenvalue weighted by Gasteiger charge is 2.15. The lowest BCUT2D eigenvalue weighted by Gasteiger charge is -2.19. The molecule has 0 atom stereocenters. The first kappa shape index (κ1) is 18.2. The first-order valence-electron chi connectivity index (χ1n) is 7.19. The van der Waals surface area contributed by atoms with Crippen molar-refractivity contribution < 1.29 is 9.53 Å². The van der Waals surface area contributed by atoms with Crippen molar-refractivity contribution in [1.82, 2.24) is 10.3 Å². The summed E-state index contributed by atoms with van der Waals surface area (Å²) in [7, 11) is 0. The molecule has 0 spiro atoms. The van der Waals surface area contributed by atoms with Crippen molar-refractivity contribution in [3.63, 3.8) is 0 Å². The fraction of sp³-hybridized carbons (Fsp3) is 0.714. The molecule has 21 heavy (non-hydrogen) atoms. The second-order valence-corrected chi connectivity index (χ2v) is 8.15. The number of nitrogens with one attached hydrogen (secondary N) is 2. The number of ether oxygens (including phenoxy) is 1. The molecule has 0 aliphatic carbocycles. The van der Waals surface area contributed by atoms with Crippen molar-refractivity contribution in [2.24, 2.45) is 0 Å². The van der Waals surface area contributed by atoms with Gasteiger partial charge in [0.1, 0.15) is 5.60 Å². The first-order valence-corrected chi connectivity index (χ1v) is 8.80. The number of unbranched alkanes of at least 4 members (excludes halogenated alkanes) is 3. The highest BCUT2D eigenvalue weighted by Crippen LogP contribution is 2.22. The Balaban J connectivity index is 1.92. The van der Waals surface area contributed by atoms with Crippen molar-refractivity contribution in [2.75, 3.05) is 18.4 Å². The highest BCUT2D eigenvalue weighted by atomic mass is 79.9. The fourth-order valence-electron chi connectivity index (χ4n) is 1.64. The number of halogens is 1. The van der Waals surface area contributed by atoms with Crippen molar-refractivity contribution in [3.05, 3.63) is 9.98 Å². The number of aromatic nitrogens is 1. The molecule has 0 saturated carbocycles. The summed E-state index contributed by atoms with van der Waals surface area (Å²) in [6.45, 7) is 7.18. The molecule has 0 aliphatic heterocycles. The third kappa shape index (κ3) is 9.68. The molecule has 0 aliphatic rings. The Labute approximate surface area is 139 Å². The summed E-state index contributed by atoms with van der Waals surface area (Å²) < 4.78 is 6.20. The zero-order chi connectivity index (χ0) is 15.7. The molecule has 0 saturated heterocycles. The number of rotatable bonds is 8. The largest absolute Gasteiger partial charge is 0.444 e. The van der Waals surface area contributed by atoms with Gasteiger partial charge in [-0.05, 0) is 49.5 Å². The van der Waals surface area contributed by atoms with Crippen molar-refractivity contribution >= 4 is 38.5 Å². The van der Waals surface area contributed by atoms with Crippen LogP contribution in [0, 0.1) is 0 Å². The standard InChI is InChI=1S/C14H24BrN3O2S/c1-14(2,3)20-13(19)17-9-7-5-4-6-8-16-12-18-10-11(15)21-12/h10H,4-9H2,1-3H3,(H,16,18)(H,17,19). The number of carbonyl (C=O) groups is 1. The zero-order valence-electron chi connectivity index (χ0n) is 12.9. The molecule has 2 N–H and O–H groups in total. The van der Waals surface area contributed by atoms with Gasteiger partial charge in [0.2, 0.25) is 0 Å². The molecule has 1 amide bonds. The van der Waals surface area contributed by atoms with Crippen LogP contribution in [0.3, 0.4) is 0 Å². The van der Waals surface area contributed by atoms with Crippen LogP contribution in [0.1, 0.15) is 46.5 Å². The maximum absolute atomic E-state index is 11.4. The molecule has 0 fully saturated rings.